The lowest BCUT2D eigenvalue weighted by atomic mass is 9.81. The summed E-state index contributed by atoms with van der Waals surface area (Å²) in [6, 6.07) is 0. The Morgan fingerprint density at radius 3 is 2.61 bits per heavy atom. The molecule has 0 spiro atoms. The smallest absolute Gasteiger partial charge is 0.383 e. The summed E-state index contributed by atoms with van der Waals surface area (Å²) in [6.45, 7) is 0.958. The van der Waals surface area contributed by atoms with Crippen LogP contribution in [0.5, 0.6) is 0 Å². The molecule has 0 saturated heterocycles. The molecule has 5 heterocycles. The van der Waals surface area contributed by atoms with Crippen molar-refractivity contribution in [2.24, 2.45) is 6.98 Å². The summed E-state index contributed by atoms with van der Waals surface area (Å²) >= 11 is 0. The lowest BCUT2D eigenvalue weighted by Gasteiger charge is -2.20. The molecule has 200 valence electrons. The summed E-state index contributed by atoms with van der Waals surface area (Å²) in [5.41, 5.74) is 4.63. The molecule has 5 rings (SSSR count). The highest BCUT2D eigenvalue weighted by Crippen LogP contribution is 2.44. The second kappa shape index (κ2) is 8.35. The van der Waals surface area contributed by atoms with E-state index in [1.807, 2.05) is 6.92 Å². The number of anilines is 2. The number of alkyl halides is 5. The highest BCUT2D eigenvalue weighted by molar-refractivity contribution is 6.09. The van der Waals surface area contributed by atoms with E-state index in [2.05, 4.69) is 40.7 Å². The second-order valence-electron chi connectivity index (χ2n) is 8.68. The number of hydrogen-bond acceptors (Lipinski definition) is 9. The van der Waals surface area contributed by atoms with E-state index in [9.17, 15) is 26.7 Å². The quantitative estimate of drug-likeness (QED) is 0.351. The van der Waals surface area contributed by atoms with E-state index in [0.29, 0.717) is 11.2 Å². The van der Waals surface area contributed by atoms with E-state index in [-0.39, 0.29) is 45.4 Å². The summed E-state index contributed by atoms with van der Waals surface area (Å²) in [4.78, 5) is 29.7. The van der Waals surface area contributed by atoms with Gasteiger partial charge < -0.3 is 11.1 Å². The first-order chi connectivity index (χ1) is 19.0. The number of aryl methyl sites for hydroxylation is 3. The van der Waals surface area contributed by atoms with E-state index in [1.54, 1.807) is 13.1 Å². The van der Waals surface area contributed by atoms with Crippen LogP contribution in [0.15, 0.2) is 12.4 Å². The van der Waals surface area contributed by atoms with Gasteiger partial charge in [0.1, 0.15) is 34.3 Å². The molecule has 0 saturated carbocycles. The zero-order valence-electron chi connectivity index (χ0n) is 22.7. The Kier molecular flexibility index (Phi) is 4.78. The minimum atomic E-state index is -5.81. The molecule has 0 radical (unpaired) electrons. The first-order valence-corrected chi connectivity index (χ1v) is 11.1. The predicted octanol–water partition coefficient (Wildman–Crippen LogP) is 2.40. The van der Waals surface area contributed by atoms with Crippen LogP contribution < -0.4 is 11.1 Å². The fraction of sp³-hybridized carbons (Fsp3) is 0.429. The number of nitrogen functional groups attached to an aromatic ring is 1. The van der Waals surface area contributed by atoms with Crippen LogP contribution in [0.1, 0.15) is 41.5 Å². The number of hydrogen-bond donors (Lipinski definition) is 2. The average molecular weight is 540 g/mol. The lowest BCUT2D eigenvalue weighted by Crippen LogP contribution is -2.36. The van der Waals surface area contributed by atoms with Crippen molar-refractivity contribution in [3.63, 3.8) is 0 Å². The van der Waals surface area contributed by atoms with Crippen molar-refractivity contribution in [1.82, 2.24) is 44.7 Å². The van der Waals surface area contributed by atoms with Gasteiger partial charge in [0.15, 0.2) is 11.5 Å². The van der Waals surface area contributed by atoms with Crippen LogP contribution in [-0.2, 0) is 30.2 Å². The molecule has 4 aromatic rings. The number of nitrogens with one attached hydrogen (secondary N) is 1. The molecular formula is C21H20F5N11O. The molecule has 0 aromatic carbocycles. The Morgan fingerprint density at radius 2 is 1.95 bits per heavy atom. The minimum Gasteiger partial charge on any atom is -0.383 e. The van der Waals surface area contributed by atoms with Crippen LogP contribution in [0.2, 0.25) is 0 Å². The number of fused-ring (bicyclic) bond motifs is 2. The Hall–Kier alpha value is -4.31. The second-order valence-corrected chi connectivity index (χ2v) is 8.68. The van der Waals surface area contributed by atoms with Gasteiger partial charge in [-0.1, -0.05) is 5.21 Å². The Bertz CT molecular complexity index is 1680. The van der Waals surface area contributed by atoms with E-state index in [4.69, 9.17) is 9.85 Å². The van der Waals surface area contributed by atoms with Crippen molar-refractivity contribution in [1.29, 1.82) is 0 Å². The summed E-state index contributed by atoms with van der Waals surface area (Å²) in [7, 11) is 0. The van der Waals surface area contributed by atoms with Gasteiger partial charge in [0.25, 0.3) is 0 Å². The van der Waals surface area contributed by atoms with E-state index in [1.165, 1.54) is 4.68 Å². The normalized spacial score (nSPS) is 19.2. The summed E-state index contributed by atoms with van der Waals surface area (Å²) < 4.78 is 90.7. The van der Waals surface area contributed by atoms with Gasteiger partial charge in [-0.05, 0) is 13.8 Å². The standard InChI is InChI=1S/C21H20F5N11O/c1-4-37-8-10(34-35-37)19(2)12-14(27)31-16(32-15(12)33-18(19)38)13-9-7-28-36(3)17(9)30-11(29-13)5-6-20(22,23)21(24,25)26/h7-8H,4-6H2,1-3H3,(H3,27,31,32,33,38)/i3D3. The van der Waals surface area contributed by atoms with Crippen molar-refractivity contribution in [2.45, 2.75) is 50.7 Å². The number of nitrogens with two attached hydrogens (primary N) is 1. The van der Waals surface area contributed by atoms with Crippen LogP contribution >= 0.6 is 0 Å². The molecule has 1 aliphatic rings. The van der Waals surface area contributed by atoms with Crippen molar-refractivity contribution in [3.8, 4) is 11.5 Å². The third kappa shape index (κ3) is 3.79. The third-order valence-corrected chi connectivity index (χ3v) is 6.26. The highest BCUT2D eigenvalue weighted by atomic mass is 19.4. The molecule has 0 aliphatic carbocycles. The van der Waals surface area contributed by atoms with Crippen molar-refractivity contribution < 1.29 is 30.9 Å². The number of amides is 1. The van der Waals surface area contributed by atoms with Gasteiger partial charge in [-0.2, -0.15) is 27.1 Å². The van der Waals surface area contributed by atoms with Gasteiger partial charge in [0.05, 0.1) is 17.1 Å². The van der Waals surface area contributed by atoms with Crippen molar-refractivity contribution in [3.05, 3.63) is 29.5 Å². The molecule has 38 heavy (non-hydrogen) atoms. The Morgan fingerprint density at radius 1 is 1.18 bits per heavy atom. The van der Waals surface area contributed by atoms with Crippen LogP contribution in [0, 0.1) is 0 Å². The van der Waals surface area contributed by atoms with Gasteiger partial charge in [0, 0.05) is 36.7 Å². The predicted molar refractivity (Wildman–Crippen MR) is 122 cm³/mol. The number of halogens is 5. The van der Waals surface area contributed by atoms with E-state index < -0.39 is 49.1 Å². The van der Waals surface area contributed by atoms with Crippen molar-refractivity contribution in [2.75, 3.05) is 11.1 Å². The van der Waals surface area contributed by atoms with Crippen LogP contribution in [0.4, 0.5) is 33.6 Å². The van der Waals surface area contributed by atoms with Crippen LogP contribution in [0.3, 0.4) is 0 Å². The molecule has 17 heteroatoms. The molecule has 1 aliphatic heterocycles. The molecule has 0 fully saturated rings. The maximum atomic E-state index is 13.7. The average Bonchev–Trinajstić information content (AvgIpc) is 3.58. The zero-order valence-corrected chi connectivity index (χ0v) is 19.7. The molecular weight excluding hydrogens is 517 g/mol. The first-order valence-electron chi connectivity index (χ1n) is 12.6. The fourth-order valence-corrected chi connectivity index (χ4v) is 4.09. The SMILES string of the molecule is [2H]C([2H])([2H])n1ncc2c(-c3nc(N)c4c(n3)NC(=O)C4(C)c3cn(CC)nn3)nc(CCC(F)(F)C(F)(F)F)nc21. The Balaban J connectivity index is 1.65. The molecule has 1 atom stereocenters. The highest BCUT2D eigenvalue weighted by Gasteiger charge is 2.56. The first kappa shape index (κ1) is 21.7. The van der Waals surface area contributed by atoms with Crippen LogP contribution in [0.25, 0.3) is 22.6 Å². The van der Waals surface area contributed by atoms with Gasteiger partial charge in [0.2, 0.25) is 5.91 Å². The molecule has 1 amide bonds. The monoisotopic (exact) mass is 540 g/mol. The molecule has 3 N–H and O–H groups in total. The molecule has 4 aromatic heterocycles. The number of carbonyl (C=O) groups is 1. The maximum Gasteiger partial charge on any atom is 0.453 e. The van der Waals surface area contributed by atoms with Crippen molar-refractivity contribution >= 4 is 28.6 Å². The molecule has 1 unspecified atom stereocenters. The minimum absolute atomic E-state index is 0.0359. The number of carbonyl (C=O) groups excluding carboxylic acids is 1. The van der Waals surface area contributed by atoms with E-state index >= 15 is 0 Å². The molecule has 12 nitrogen and oxygen atoms in total. The summed E-state index contributed by atoms with van der Waals surface area (Å²) in [5.74, 6) is -6.67. The summed E-state index contributed by atoms with van der Waals surface area (Å²) in [5, 5.41) is 14.3. The number of aromatic nitrogens is 9. The zero-order chi connectivity index (χ0) is 30.1. The number of rotatable bonds is 6. The lowest BCUT2D eigenvalue weighted by molar-refractivity contribution is -0.284. The van der Waals surface area contributed by atoms with Gasteiger partial charge in [-0.3, -0.25) is 14.2 Å². The number of nitrogens with zero attached hydrogens (tertiary/aromatic N) is 9. The third-order valence-electron chi connectivity index (χ3n) is 6.26. The van der Waals surface area contributed by atoms with E-state index in [0.717, 1.165) is 6.20 Å². The van der Waals surface area contributed by atoms with Gasteiger partial charge in [-0.25, -0.2) is 19.9 Å². The van der Waals surface area contributed by atoms with Crippen LogP contribution in [-0.4, -0.2) is 62.7 Å². The summed E-state index contributed by atoms with van der Waals surface area (Å²) in [6.07, 6.45) is -5.88. The maximum absolute atomic E-state index is 13.7. The molecule has 0 bridgehead atoms. The van der Waals surface area contributed by atoms with Gasteiger partial charge >= 0.3 is 12.1 Å². The largest absolute Gasteiger partial charge is 0.453 e. The fourth-order valence-electron chi connectivity index (χ4n) is 4.09. The Labute approximate surface area is 214 Å². The van der Waals surface area contributed by atoms with Gasteiger partial charge in [-0.15, -0.1) is 5.10 Å². The topological polar surface area (TPSA) is 155 Å².